The van der Waals surface area contributed by atoms with Crippen molar-refractivity contribution in [3.05, 3.63) is 50.6 Å². The monoisotopic (exact) mass is 339 g/mol. The molecule has 3 aromatic rings. The van der Waals surface area contributed by atoms with E-state index in [0.717, 1.165) is 11.3 Å². The zero-order valence-corrected chi connectivity index (χ0v) is 12.7. The fourth-order valence-corrected chi connectivity index (χ4v) is 2.77. The molecule has 0 spiro atoms. The second-order valence-corrected chi connectivity index (χ2v) is 6.07. The average Bonchev–Trinajstić information content (AvgIpc) is 3.08. The van der Waals surface area contributed by atoms with Crippen LogP contribution in [0.1, 0.15) is 9.67 Å². The maximum atomic E-state index is 11.9. The Hall–Kier alpha value is -1.89. The molecule has 0 saturated heterocycles. The highest BCUT2D eigenvalue weighted by atomic mass is 35.5. The maximum Gasteiger partial charge on any atom is 0.322 e. The minimum Gasteiger partial charge on any atom is -0.403 e. The van der Waals surface area contributed by atoms with Crippen LogP contribution in [0.15, 0.2) is 40.8 Å². The second-order valence-electron chi connectivity index (χ2n) is 3.95. The van der Waals surface area contributed by atoms with E-state index in [1.54, 1.807) is 36.4 Å². The van der Waals surface area contributed by atoms with Crippen molar-refractivity contribution in [2.45, 2.75) is 0 Å². The Morgan fingerprint density at radius 1 is 1.14 bits per heavy atom. The lowest BCUT2D eigenvalue weighted by molar-refractivity contribution is 0.102. The quantitative estimate of drug-likeness (QED) is 0.769. The summed E-state index contributed by atoms with van der Waals surface area (Å²) in [7, 11) is 0. The molecule has 2 aromatic heterocycles. The van der Waals surface area contributed by atoms with E-state index < -0.39 is 0 Å². The SMILES string of the molecule is O=C(Nc1nnc(-c2ccccc2Cl)o1)c1ccc(Cl)s1. The lowest BCUT2D eigenvalue weighted by Gasteiger charge is -1.98. The fraction of sp³-hybridized carbons (Fsp3) is 0. The first kappa shape index (κ1) is 14.1. The van der Waals surface area contributed by atoms with Crippen molar-refractivity contribution < 1.29 is 9.21 Å². The number of benzene rings is 1. The number of halogens is 2. The summed E-state index contributed by atoms with van der Waals surface area (Å²) in [5.74, 6) is -0.124. The standard InChI is InChI=1S/C13H7Cl2N3O2S/c14-8-4-2-1-3-7(8)12-17-18-13(20-12)16-11(19)9-5-6-10(15)21-9/h1-6H,(H,16,18,19). The van der Waals surface area contributed by atoms with Crippen LogP contribution in [0.5, 0.6) is 0 Å². The molecule has 0 aliphatic heterocycles. The Kier molecular flexibility index (Phi) is 3.92. The Morgan fingerprint density at radius 2 is 1.95 bits per heavy atom. The van der Waals surface area contributed by atoms with E-state index in [-0.39, 0.29) is 17.8 Å². The molecule has 0 atom stereocenters. The lowest BCUT2D eigenvalue weighted by atomic mass is 10.2. The number of anilines is 1. The van der Waals surface area contributed by atoms with Gasteiger partial charge in [-0.3, -0.25) is 10.1 Å². The first-order valence-electron chi connectivity index (χ1n) is 5.78. The van der Waals surface area contributed by atoms with E-state index >= 15 is 0 Å². The largest absolute Gasteiger partial charge is 0.403 e. The molecule has 1 amide bonds. The van der Waals surface area contributed by atoms with Crippen molar-refractivity contribution in [1.29, 1.82) is 0 Å². The molecule has 8 heteroatoms. The molecule has 2 heterocycles. The van der Waals surface area contributed by atoms with Gasteiger partial charge in [-0.15, -0.1) is 16.4 Å². The highest BCUT2D eigenvalue weighted by Gasteiger charge is 2.15. The molecule has 0 radical (unpaired) electrons. The molecule has 0 aliphatic rings. The highest BCUT2D eigenvalue weighted by Crippen LogP contribution is 2.27. The third-order valence-corrected chi connectivity index (χ3v) is 4.11. The number of amides is 1. The van der Waals surface area contributed by atoms with Crippen LogP contribution in [-0.4, -0.2) is 16.1 Å². The summed E-state index contributed by atoms with van der Waals surface area (Å²) in [6, 6.07) is 10.3. The summed E-state index contributed by atoms with van der Waals surface area (Å²) in [5.41, 5.74) is 0.603. The van der Waals surface area contributed by atoms with Gasteiger partial charge in [0.1, 0.15) is 0 Å². The number of nitrogens with zero attached hydrogens (tertiary/aromatic N) is 2. The van der Waals surface area contributed by atoms with E-state index in [1.165, 1.54) is 0 Å². The van der Waals surface area contributed by atoms with Crippen molar-refractivity contribution >= 4 is 46.5 Å². The van der Waals surface area contributed by atoms with Crippen LogP contribution in [0, 0.1) is 0 Å². The topological polar surface area (TPSA) is 68.0 Å². The molecule has 3 rings (SSSR count). The van der Waals surface area contributed by atoms with Gasteiger partial charge in [-0.05, 0) is 24.3 Å². The van der Waals surface area contributed by atoms with Crippen LogP contribution in [-0.2, 0) is 0 Å². The first-order valence-corrected chi connectivity index (χ1v) is 7.36. The smallest absolute Gasteiger partial charge is 0.322 e. The number of rotatable bonds is 3. The molecule has 21 heavy (non-hydrogen) atoms. The predicted molar refractivity (Wildman–Crippen MR) is 82.0 cm³/mol. The van der Waals surface area contributed by atoms with Crippen molar-refractivity contribution in [1.82, 2.24) is 10.2 Å². The molecule has 1 aromatic carbocycles. The molecule has 0 fully saturated rings. The number of thiophene rings is 1. The number of hydrogen-bond acceptors (Lipinski definition) is 5. The molecular formula is C13H7Cl2N3O2S. The zero-order valence-electron chi connectivity index (χ0n) is 10.3. The molecular weight excluding hydrogens is 333 g/mol. The Balaban J connectivity index is 1.80. The van der Waals surface area contributed by atoms with Gasteiger partial charge in [-0.2, -0.15) is 0 Å². The van der Waals surface area contributed by atoms with E-state index in [1.807, 2.05) is 0 Å². The van der Waals surface area contributed by atoms with Gasteiger partial charge in [-0.25, -0.2) is 0 Å². The average molecular weight is 340 g/mol. The maximum absolute atomic E-state index is 11.9. The summed E-state index contributed by atoms with van der Waals surface area (Å²) >= 11 is 13.0. The van der Waals surface area contributed by atoms with E-state index in [0.29, 0.717) is 19.8 Å². The van der Waals surface area contributed by atoms with Crippen LogP contribution in [0.2, 0.25) is 9.36 Å². The van der Waals surface area contributed by atoms with Crippen molar-refractivity contribution in [2.24, 2.45) is 0 Å². The van der Waals surface area contributed by atoms with Gasteiger partial charge < -0.3 is 4.42 Å². The Bertz CT molecular complexity index is 800. The van der Waals surface area contributed by atoms with Crippen molar-refractivity contribution in [2.75, 3.05) is 5.32 Å². The number of nitrogens with one attached hydrogen (secondary N) is 1. The first-order chi connectivity index (χ1) is 10.1. The van der Waals surface area contributed by atoms with Crippen molar-refractivity contribution in [3.63, 3.8) is 0 Å². The zero-order chi connectivity index (χ0) is 14.8. The lowest BCUT2D eigenvalue weighted by Crippen LogP contribution is -2.10. The minimum atomic E-state index is -0.360. The Labute approximate surface area is 133 Å². The van der Waals surface area contributed by atoms with Gasteiger partial charge in [-0.1, -0.05) is 40.4 Å². The molecule has 1 N–H and O–H groups in total. The van der Waals surface area contributed by atoms with E-state index in [2.05, 4.69) is 15.5 Å². The normalized spacial score (nSPS) is 10.6. The molecule has 0 unspecified atom stereocenters. The third kappa shape index (κ3) is 3.07. The van der Waals surface area contributed by atoms with Crippen LogP contribution < -0.4 is 5.32 Å². The number of carbonyl (C=O) groups excluding carboxylic acids is 1. The van der Waals surface area contributed by atoms with Gasteiger partial charge in [0.2, 0.25) is 0 Å². The van der Waals surface area contributed by atoms with E-state index in [9.17, 15) is 4.79 Å². The summed E-state index contributed by atoms with van der Waals surface area (Å²) in [5, 5.41) is 10.6. The summed E-state index contributed by atoms with van der Waals surface area (Å²) < 4.78 is 5.91. The van der Waals surface area contributed by atoms with Crippen LogP contribution in [0.3, 0.4) is 0 Å². The second kappa shape index (κ2) is 5.85. The minimum absolute atomic E-state index is 0.000517. The Morgan fingerprint density at radius 3 is 2.67 bits per heavy atom. The predicted octanol–water partition coefficient (Wildman–Crippen LogP) is 4.36. The molecule has 106 valence electrons. The molecule has 0 bridgehead atoms. The molecule has 0 saturated carbocycles. The summed E-state index contributed by atoms with van der Waals surface area (Å²) in [6.07, 6.45) is 0. The summed E-state index contributed by atoms with van der Waals surface area (Å²) in [4.78, 5) is 12.4. The van der Waals surface area contributed by atoms with E-state index in [4.69, 9.17) is 27.6 Å². The highest BCUT2D eigenvalue weighted by molar-refractivity contribution is 7.18. The van der Waals surface area contributed by atoms with Crippen molar-refractivity contribution in [3.8, 4) is 11.5 Å². The van der Waals surface area contributed by atoms with Crippen LogP contribution >= 0.6 is 34.5 Å². The van der Waals surface area contributed by atoms with Gasteiger partial charge in [0, 0.05) is 0 Å². The third-order valence-electron chi connectivity index (χ3n) is 2.55. The van der Waals surface area contributed by atoms with Gasteiger partial charge in [0.25, 0.3) is 11.8 Å². The number of hydrogen-bond donors (Lipinski definition) is 1. The van der Waals surface area contributed by atoms with Gasteiger partial charge >= 0.3 is 6.01 Å². The number of carbonyl (C=O) groups is 1. The summed E-state index contributed by atoms with van der Waals surface area (Å²) in [6.45, 7) is 0. The van der Waals surface area contributed by atoms with Crippen LogP contribution in [0.4, 0.5) is 6.01 Å². The fourth-order valence-electron chi connectivity index (χ4n) is 1.61. The number of aromatic nitrogens is 2. The van der Waals surface area contributed by atoms with Crippen LogP contribution in [0.25, 0.3) is 11.5 Å². The molecule has 0 aliphatic carbocycles. The van der Waals surface area contributed by atoms with Gasteiger partial charge in [0.15, 0.2) is 0 Å². The van der Waals surface area contributed by atoms with Gasteiger partial charge in [0.05, 0.1) is 19.8 Å². The molecule has 5 nitrogen and oxygen atoms in total.